The summed E-state index contributed by atoms with van der Waals surface area (Å²) in [4.78, 5) is 18.8. The zero-order valence-corrected chi connectivity index (χ0v) is 18.8. The number of likely N-dealkylation sites (tertiary alicyclic amines) is 1. The van der Waals surface area contributed by atoms with Crippen LogP contribution in [0.15, 0.2) is 4.99 Å². The lowest BCUT2D eigenvalue weighted by atomic mass is 10.1. The number of guanidine groups is 1. The van der Waals surface area contributed by atoms with Crippen LogP contribution >= 0.6 is 0 Å². The minimum Gasteiger partial charge on any atom is -0.444 e. The van der Waals surface area contributed by atoms with Crippen molar-refractivity contribution in [2.24, 2.45) is 4.99 Å². The number of hydrogen-bond acceptors (Lipinski definition) is 4. The smallest absolute Gasteiger partial charge is 0.407 e. The molecule has 0 aromatic heterocycles. The van der Waals surface area contributed by atoms with Crippen molar-refractivity contribution in [2.45, 2.75) is 84.3 Å². The van der Waals surface area contributed by atoms with Gasteiger partial charge in [0.2, 0.25) is 0 Å². The molecule has 0 radical (unpaired) electrons. The number of ether oxygens (including phenoxy) is 1. The Morgan fingerprint density at radius 3 is 2.46 bits per heavy atom. The van der Waals surface area contributed by atoms with Crippen molar-refractivity contribution >= 4 is 12.1 Å². The van der Waals surface area contributed by atoms with Crippen LogP contribution in [0.2, 0.25) is 0 Å². The van der Waals surface area contributed by atoms with Crippen LogP contribution in [-0.2, 0) is 4.74 Å². The fourth-order valence-electron chi connectivity index (χ4n) is 3.26. The minimum atomic E-state index is -0.483. The monoisotopic (exact) mass is 397 g/mol. The van der Waals surface area contributed by atoms with Gasteiger partial charge in [-0.15, -0.1) is 0 Å². The quantitative estimate of drug-likeness (QED) is 0.284. The number of rotatable bonds is 11. The van der Waals surface area contributed by atoms with E-state index in [0.717, 1.165) is 38.2 Å². The van der Waals surface area contributed by atoms with Gasteiger partial charge in [0.25, 0.3) is 0 Å². The van der Waals surface area contributed by atoms with Gasteiger partial charge >= 0.3 is 6.09 Å². The fraction of sp³-hybridized carbons (Fsp3) is 0.905. The van der Waals surface area contributed by atoms with Gasteiger partial charge in [0.15, 0.2) is 5.96 Å². The van der Waals surface area contributed by atoms with Gasteiger partial charge in [-0.2, -0.15) is 0 Å². The van der Waals surface area contributed by atoms with E-state index in [0.29, 0.717) is 6.54 Å². The maximum absolute atomic E-state index is 11.9. The molecule has 7 heteroatoms. The van der Waals surface area contributed by atoms with Gasteiger partial charge in [-0.25, -0.2) is 4.79 Å². The van der Waals surface area contributed by atoms with E-state index < -0.39 is 5.60 Å². The van der Waals surface area contributed by atoms with Crippen LogP contribution in [0.25, 0.3) is 0 Å². The number of unbranched alkanes of at least 4 members (excludes halogenated alkanes) is 2. The molecular formula is C21H43N5O2. The lowest BCUT2D eigenvalue weighted by Crippen LogP contribution is -2.49. The average Bonchev–Trinajstić information content (AvgIpc) is 3.14. The third kappa shape index (κ3) is 12.1. The molecule has 1 heterocycles. The third-order valence-electron chi connectivity index (χ3n) is 4.75. The second-order valence-electron chi connectivity index (χ2n) is 8.62. The summed E-state index contributed by atoms with van der Waals surface area (Å²) < 4.78 is 5.33. The summed E-state index contributed by atoms with van der Waals surface area (Å²) in [7, 11) is 1.79. The molecule has 7 nitrogen and oxygen atoms in total. The normalized spacial score (nSPS) is 16.7. The lowest BCUT2D eigenvalue weighted by molar-refractivity contribution is 0.0523. The maximum atomic E-state index is 11.9. The summed E-state index contributed by atoms with van der Waals surface area (Å²) in [6.45, 7) is 12.9. The van der Waals surface area contributed by atoms with Crippen LogP contribution in [0.4, 0.5) is 4.79 Å². The van der Waals surface area contributed by atoms with Crippen LogP contribution in [0.1, 0.15) is 72.6 Å². The van der Waals surface area contributed by atoms with Crippen LogP contribution in [0, 0.1) is 0 Å². The van der Waals surface area contributed by atoms with E-state index in [1.807, 2.05) is 20.8 Å². The summed E-state index contributed by atoms with van der Waals surface area (Å²) >= 11 is 0. The van der Waals surface area contributed by atoms with Crippen molar-refractivity contribution in [3.8, 4) is 0 Å². The highest BCUT2D eigenvalue weighted by molar-refractivity contribution is 5.80. The van der Waals surface area contributed by atoms with Crippen LogP contribution in [0.5, 0.6) is 0 Å². The highest BCUT2D eigenvalue weighted by atomic mass is 16.6. The Kier molecular flexibility index (Phi) is 12.0. The minimum absolute atomic E-state index is 0.128. The molecule has 164 valence electrons. The number of nitrogens with zero attached hydrogens (tertiary/aromatic N) is 2. The Balaban J connectivity index is 2.31. The number of carbonyl (C=O) groups excluding carboxylic acids is 1. The SMILES string of the molecule is CCCCC(CNC(=O)OC(C)(C)C)NC(=NC)NCCCCN1CCCC1. The summed E-state index contributed by atoms with van der Waals surface area (Å²) in [6, 6.07) is 0.128. The molecule has 0 aliphatic carbocycles. The van der Waals surface area contributed by atoms with E-state index in [-0.39, 0.29) is 12.1 Å². The molecule has 1 rings (SSSR count). The van der Waals surface area contributed by atoms with E-state index in [4.69, 9.17) is 4.74 Å². The molecule has 1 unspecified atom stereocenters. The number of carbonyl (C=O) groups is 1. The molecule has 0 saturated carbocycles. The van der Waals surface area contributed by atoms with Gasteiger partial charge < -0.3 is 25.6 Å². The Morgan fingerprint density at radius 1 is 1.14 bits per heavy atom. The molecule has 0 spiro atoms. The molecule has 0 aromatic rings. The van der Waals surface area contributed by atoms with E-state index in [2.05, 4.69) is 32.8 Å². The first-order chi connectivity index (χ1) is 13.3. The Hall–Kier alpha value is -1.50. The maximum Gasteiger partial charge on any atom is 0.407 e. The van der Waals surface area contributed by atoms with E-state index in [1.54, 1.807) is 7.05 Å². The molecule has 0 aromatic carbocycles. The van der Waals surface area contributed by atoms with Crippen molar-refractivity contribution in [2.75, 3.05) is 39.8 Å². The Morgan fingerprint density at radius 2 is 1.86 bits per heavy atom. The second kappa shape index (κ2) is 13.6. The summed E-state index contributed by atoms with van der Waals surface area (Å²) in [6.07, 6.45) is 7.86. The van der Waals surface area contributed by atoms with E-state index in [1.165, 1.54) is 38.9 Å². The highest BCUT2D eigenvalue weighted by Crippen LogP contribution is 2.08. The number of hydrogen-bond donors (Lipinski definition) is 3. The first-order valence-electron chi connectivity index (χ1n) is 11.0. The number of nitrogens with one attached hydrogen (secondary N) is 3. The van der Waals surface area contributed by atoms with E-state index in [9.17, 15) is 4.79 Å². The molecule has 1 aliphatic rings. The predicted molar refractivity (Wildman–Crippen MR) is 117 cm³/mol. The average molecular weight is 398 g/mol. The Labute approximate surface area is 172 Å². The second-order valence-corrected chi connectivity index (χ2v) is 8.62. The van der Waals surface area contributed by atoms with Crippen molar-refractivity contribution in [1.29, 1.82) is 0 Å². The molecule has 1 saturated heterocycles. The predicted octanol–water partition coefficient (Wildman–Crippen LogP) is 3.11. The highest BCUT2D eigenvalue weighted by Gasteiger charge is 2.18. The lowest BCUT2D eigenvalue weighted by Gasteiger charge is -2.24. The van der Waals surface area contributed by atoms with Crippen molar-refractivity contribution < 1.29 is 9.53 Å². The first-order valence-corrected chi connectivity index (χ1v) is 11.0. The zero-order valence-electron chi connectivity index (χ0n) is 18.8. The Bertz CT molecular complexity index is 456. The van der Waals surface area contributed by atoms with Crippen molar-refractivity contribution in [3.05, 3.63) is 0 Å². The molecule has 28 heavy (non-hydrogen) atoms. The van der Waals surface area contributed by atoms with Gasteiger partial charge in [0.1, 0.15) is 5.60 Å². The largest absolute Gasteiger partial charge is 0.444 e. The van der Waals surface area contributed by atoms with Crippen molar-refractivity contribution in [1.82, 2.24) is 20.9 Å². The summed E-state index contributed by atoms with van der Waals surface area (Å²) in [5, 5.41) is 9.72. The van der Waals surface area contributed by atoms with Crippen LogP contribution < -0.4 is 16.0 Å². The van der Waals surface area contributed by atoms with Gasteiger partial charge in [0, 0.05) is 26.2 Å². The molecule has 1 atom stereocenters. The van der Waals surface area contributed by atoms with Crippen LogP contribution in [0.3, 0.4) is 0 Å². The fourth-order valence-corrected chi connectivity index (χ4v) is 3.26. The topological polar surface area (TPSA) is 78.0 Å². The molecule has 1 fully saturated rings. The zero-order chi connectivity index (χ0) is 20.8. The van der Waals surface area contributed by atoms with E-state index >= 15 is 0 Å². The summed E-state index contributed by atoms with van der Waals surface area (Å²) in [5.41, 5.74) is -0.483. The van der Waals surface area contributed by atoms with Gasteiger partial charge in [0.05, 0.1) is 0 Å². The van der Waals surface area contributed by atoms with Gasteiger partial charge in [-0.05, 0) is 72.5 Å². The molecule has 1 aliphatic heterocycles. The summed E-state index contributed by atoms with van der Waals surface area (Å²) in [5.74, 6) is 0.799. The molecular weight excluding hydrogens is 354 g/mol. The standard InChI is InChI=1S/C21H43N5O2/c1-6-7-12-18(17-24-20(27)28-21(2,3)4)25-19(22-5)23-13-8-9-14-26-15-10-11-16-26/h18H,6-17H2,1-5H3,(H,24,27)(H2,22,23,25). The van der Waals surface area contributed by atoms with Gasteiger partial charge in [-0.1, -0.05) is 19.8 Å². The number of alkyl carbamates (subject to hydrolysis) is 1. The molecule has 1 amide bonds. The molecule has 0 bridgehead atoms. The van der Waals surface area contributed by atoms with Crippen molar-refractivity contribution in [3.63, 3.8) is 0 Å². The number of aliphatic imine (C=N–C) groups is 1. The number of amides is 1. The third-order valence-corrected chi connectivity index (χ3v) is 4.75. The first kappa shape index (κ1) is 24.5. The molecule has 3 N–H and O–H groups in total. The van der Waals surface area contributed by atoms with Gasteiger partial charge in [-0.3, -0.25) is 4.99 Å². The van der Waals surface area contributed by atoms with Crippen LogP contribution in [-0.4, -0.2) is 68.4 Å².